The molecule has 7 nitrogen and oxygen atoms in total. The van der Waals surface area contributed by atoms with Crippen molar-refractivity contribution in [2.75, 3.05) is 24.7 Å². The van der Waals surface area contributed by atoms with Crippen molar-refractivity contribution in [3.05, 3.63) is 29.8 Å². The van der Waals surface area contributed by atoms with E-state index in [0.717, 1.165) is 11.3 Å². The predicted octanol–water partition coefficient (Wildman–Crippen LogP) is 1.90. The van der Waals surface area contributed by atoms with E-state index in [0.29, 0.717) is 11.7 Å². The van der Waals surface area contributed by atoms with E-state index in [1.54, 1.807) is 4.68 Å². The molecule has 0 aliphatic rings. The average Bonchev–Trinajstić information content (AvgIpc) is 3.00. The number of benzene rings is 1. The Balaban J connectivity index is 1.83. The molecule has 0 atom stereocenters. The van der Waals surface area contributed by atoms with Crippen LogP contribution in [0.5, 0.6) is 0 Å². The van der Waals surface area contributed by atoms with E-state index in [4.69, 9.17) is 0 Å². The number of carbonyl (C=O) groups excluding carboxylic acids is 1. The van der Waals surface area contributed by atoms with Crippen LogP contribution >= 0.6 is 11.8 Å². The van der Waals surface area contributed by atoms with E-state index in [2.05, 4.69) is 20.8 Å². The average molecular weight is 348 g/mol. The highest BCUT2D eigenvalue weighted by Crippen LogP contribution is 2.21. The van der Waals surface area contributed by atoms with Crippen molar-refractivity contribution in [2.24, 2.45) is 0 Å². The highest BCUT2D eigenvalue weighted by molar-refractivity contribution is 7.99. The van der Waals surface area contributed by atoms with Crippen molar-refractivity contribution in [1.82, 2.24) is 25.5 Å². The summed E-state index contributed by atoms with van der Waals surface area (Å²) in [6.07, 6.45) is 0. The fourth-order valence-electron chi connectivity index (χ4n) is 1.98. The number of amides is 1. The van der Waals surface area contributed by atoms with Gasteiger partial charge in [-0.25, -0.2) is 4.68 Å². The Hall–Kier alpha value is -2.09. The number of hydrogen-bond acceptors (Lipinski definition) is 6. The molecule has 1 aromatic heterocycles. The minimum Gasteiger partial charge on any atom is -0.378 e. The molecule has 8 heteroatoms. The molecular formula is C16H24N6OS. The molecule has 0 unspecified atom stereocenters. The van der Waals surface area contributed by atoms with Gasteiger partial charge in [0.25, 0.3) is 0 Å². The first-order valence-corrected chi connectivity index (χ1v) is 8.70. The molecule has 0 aliphatic heterocycles. The second-order valence-corrected chi connectivity index (χ2v) is 7.61. The number of carbonyl (C=O) groups is 1. The third-order valence-electron chi connectivity index (χ3n) is 3.35. The number of nitrogens with one attached hydrogen (secondary N) is 1. The highest BCUT2D eigenvalue weighted by atomic mass is 32.2. The van der Waals surface area contributed by atoms with E-state index in [1.165, 1.54) is 11.8 Å². The number of rotatable bonds is 6. The summed E-state index contributed by atoms with van der Waals surface area (Å²) in [4.78, 5) is 14.1. The van der Waals surface area contributed by atoms with Crippen LogP contribution in [-0.2, 0) is 16.9 Å². The number of nitrogens with zero attached hydrogens (tertiary/aromatic N) is 5. The second kappa shape index (κ2) is 7.65. The lowest BCUT2D eigenvalue weighted by atomic mass is 10.1. The van der Waals surface area contributed by atoms with Crippen LogP contribution in [0.2, 0.25) is 0 Å². The molecule has 2 rings (SSSR count). The van der Waals surface area contributed by atoms with Gasteiger partial charge < -0.3 is 10.2 Å². The molecule has 1 heterocycles. The third kappa shape index (κ3) is 4.95. The summed E-state index contributed by atoms with van der Waals surface area (Å²) in [6, 6.07) is 8.10. The van der Waals surface area contributed by atoms with Gasteiger partial charge in [-0.15, -0.1) is 5.10 Å². The van der Waals surface area contributed by atoms with Crippen molar-refractivity contribution >= 4 is 23.4 Å². The van der Waals surface area contributed by atoms with Crippen LogP contribution < -0.4 is 10.2 Å². The van der Waals surface area contributed by atoms with Gasteiger partial charge in [0, 0.05) is 26.3 Å². The molecule has 0 spiro atoms. The van der Waals surface area contributed by atoms with Crippen LogP contribution in [0.3, 0.4) is 0 Å². The number of thioether (sulfide) groups is 1. The van der Waals surface area contributed by atoms with Crippen molar-refractivity contribution in [3.8, 4) is 0 Å². The molecule has 24 heavy (non-hydrogen) atoms. The summed E-state index contributed by atoms with van der Waals surface area (Å²) in [6.45, 7) is 6.57. The quantitative estimate of drug-likeness (QED) is 0.804. The zero-order valence-corrected chi connectivity index (χ0v) is 15.6. The first-order chi connectivity index (χ1) is 11.3. The van der Waals surface area contributed by atoms with Crippen LogP contribution in [0.4, 0.5) is 5.69 Å². The van der Waals surface area contributed by atoms with Crippen LogP contribution in [-0.4, -0.2) is 46.0 Å². The molecule has 0 bridgehead atoms. The largest absolute Gasteiger partial charge is 0.378 e. The van der Waals surface area contributed by atoms with E-state index < -0.39 is 0 Å². The van der Waals surface area contributed by atoms with Crippen LogP contribution in [0.1, 0.15) is 26.3 Å². The highest BCUT2D eigenvalue weighted by Gasteiger charge is 2.20. The maximum atomic E-state index is 12.0. The lowest BCUT2D eigenvalue weighted by molar-refractivity contribution is -0.118. The Labute approximate surface area is 146 Å². The van der Waals surface area contributed by atoms with Crippen molar-refractivity contribution in [1.29, 1.82) is 0 Å². The van der Waals surface area contributed by atoms with E-state index in [1.807, 2.05) is 64.0 Å². The molecule has 1 N–H and O–H groups in total. The summed E-state index contributed by atoms with van der Waals surface area (Å²) >= 11 is 1.34. The summed E-state index contributed by atoms with van der Waals surface area (Å²) in [7, 11) is 4.00. The Morgan fingerprint density at radius 2 is 1.92 bits per heavy atom. The van der Waals surface area contributed by atoms with Gasteiger partial charge in [-0.05, 0) is 48.9 Å². The smallest absolute Gasteiger partial charge is 0.230 e. The minimum atomic E-state index is -0.212. The molecule has 0 radical (unpaired) electrons. The number of aromatic nitrogens is 4. The third-order valence-corrected chi connectivity index (χ3v) is 4.27. The summed E-state index contributed by atoms with van der Waals surface area (Å²) in [5.74, 6) is 0.242. The Bertz CT molecular complexity index is 675. The molecule has 0 saturated carbocycles. The monoisotopic (exact) mass is 348 g/mol. The maximum absolute atomic E-state index is 12.0. The van der Waals surface area contributed by atoms with Gasteiger partial charge in [0.05, 0.1) is 11.3 Å². The SMILES string of the molecule is CN(C)c1ccc(CNC(=O)CSc2nnnn2C(C)(C)C)cc1. The van der Waals surface area contributed by atoms with Crippen molar-refractivity contribution < 1.29 is 4.79 Å². The van der Waals surface area contributed by atoms with Crippen molar-refractivity contribution in [2.45, 2.75) is 38.0 Å². The number of hydrogen-bond donors (Lipinski definition) is 1. The van der Waals surface area contributed by atoms with Crippen LogP contribution in [0.15, 0.2) is 29.4 Å². The normalized spacial score (nSPS) is 11.4. The van der Waals surface area contributed by atoms with Crippen LogP contribution in [0.25, 0.3) is 0 Å². The van der Waals surface area contributed by atoms with Gasteiger partial charge in [0.2, 0.25) is 11.1 Å². The standard InChI is InChI=1S/C16H24N6OS/c1-16(2,3)22-15(18-19-20-22)24-11-14(23)17-10-12-6-8-13(9-7-12)21(4)5/h6-9H,10-11H2,1-5H3,(H,17,23). The van der Waals surface area contributed by atoms with Gasteiger partial charge in [0.15, 0.2) is 0 Å². The number of tetrazole rings is 1. The zero-order valence-electron chi connectivity index (χ0n) is 14.8. The van der Waals surface area contributed by atoms with Gasteiger partial charge in [-0.1, -0.05) is 23.9 Å². The summed E-state index contributed by atoms with van der Waals surface area (Å²) in [5.41, 5.74) is 1.99. The molecule has 2 aromatic rings. The van der Waals surface area contributed by atoms with Gasteiger partial charge in [-0.3, -0.25) is 4.79 Å². The molecule has 130 valence electrons. The Morgan fingerprint density at radius 3 is 2.50 bits per heavy atom. The first kappa shape index (κ1) is 18.3. The van der Waals surface area contributed by atoms with E-state index in [9.17, 15) is 4.79 Å². The Morgan fingerprint density at radius 1 is 1.25 bits per heavy atom. The van der Waals surface area contributed by atoms with Gasteiger partial charge in [0.1, 0.15) is 0 Å². The molecule has 1 aromatic carbocycles. The predicted molar refractivity (Wildman–Crippen MR) is 96.2 cm³/mol. The molecule has 0 saturated heterocycles. The fraction of sp³-hybridized carbons (Fsp3) is 0.500. The number of anilines is 1. The minimum absolute atomic E-state index is 0.0415. The van der Waals surface area contributed by atoms with Gasteiger partial charge >= 0.3 is 0 Å². The lowest BCUT2D eigenvalue weighted by Crippen LogP contribution is -2.26. The Kier molecular flexibility index (Phi) is 5.82. The fourth-order valence-corrected chi connectivity index (χ4v) is 2.87. The maximum Gasteiger partial charge on any atom is 0.230 e. The van der Waals surface area contributed by atoms with E-state index in [-0.39, 0.29) is 17.2 Å². The lowest BCUT2D eigenvalue weighted by Gasteiger charge is -2.19. The molecular weight excluding hydrogens is 324 g/mol. The summed E-state index contributed by atoms with van der Waals surface area (Å²) < 4.78 is 1.73. The molecule has 0 aliphatic carbocycles. The van der Waals surface area contributed by atoms with Crippen molar-refractivity contribution in [3.63, 3.8) is 0 Å². The summed E-state index contributed by atoms with van der Waals surface area (Å²) in [5, 5.41) is 15.2. The second-order valence-electron chi connectivity index (χ2n) is 6.67. The molecule has 1 amide bonds. The van der Waals surface area contributed by atoms with E-state index >= 15 is 0 Å². The molecule has 0 fully saturated rings. The van der Waals surface area contributed by atoms with Crippen LogP contribution in [0, 0.1) is 0 Å². The first-order valence-electron chi connectivity index (χ1n) is 7.72. The zero-order chi connectivity index (χ0) is 17.7. The topological polar surface area (TPSA) is 75.9 Å². The van der Waals surface area contributed by atoms with Gasteiger partial charge in [-0.2, -0.15) is 0 Å².